The van der Waals surface area contributed by atoms with Gasteiger partial charge in [0.25, 0.3) is 0 Å². The van der Waals surface area contributed by atoms with E-state index in [1.165, 1.54) is 6.07 Å². The van der Waals surface area contributed by atoms with Crippen LogP contribution < -0.4 is 5.32 Å². The third kappa shape index (κ3) is 3.52. The lowest BCUT2D eigenvalue weighted by Crippen LogP contribution is -2.30. The van der Waals surface area contributed by atoms with Gasteiger partial charge in [0.2, 0.25) is 0 Å². The molecule has 1 N–H and O–H groups in total. The number of nitrogens with one attached hydrogen (secondary N) is 1. The minimum atomic E-state index is -0.271. The second kappa shape index (κ2) is 6.12. The van der Waals surface area contributed by atoms with E-state index in [9.17, 15) is 4.39 Å². The SMILES string of the molecule is CNC(Cc1cn(C)nn1)Cc1c(F)cccc1Cl. The van der Waals surface area contributed by atoms with Gasteiger partial charge in [-0.15, -0.1) is 5.10 Å². The van der Waals surface area contributed by atoms with E-state index in [4.69, 9.17) is 11.6 Å². The van der Waals surface area contributed by atoms with Gasteiger partial charge in [0.1, 0.15) is 5.82 Å². The molecule has 0 aliphatic carbocycles. The maximum Gasteiger partial charge on any atom is 0.127 e. The van der Waals surface area contributed by atoms with Crippen LogP contribution in [-0.4, -0.2) is 28.1 Å². The van der Waals surface area contributed by atoms with Gasteiger partial charge in [-0.05, 0) is 25.6 Å². The second-order valence-corrected chi connectivity index (χ2v) is 4.88. The molecule has 0 radical (unpaired) electrons. The third-order valence-electron chi connectivity index (χ3n) is 3.03. The molecule has 0 bridgehead atoms. The van der Waals surface area contributed by atoms with Crippen LogP contribution in [0.2, 0.25) is 5.02 Å². The first-order chi connectivity index (χ1) is 9.10. The first-order valence-electron chi connectivity index (χ1n) is 6.05. The fourth-order valence-corrected chi connectivity index (χ4v) is 2.23. The van der Waals surface area contributed by atoms with Gasteiger partial charge in [0.15, 0.2) is 0 Å². The average molecular weight is 283 g/mol. The van der Waals surface area contributed by atoms with Crippen molar-refractivity contribution >= 4 is 11.6 Å². The fourth-order valence-electron chi connectivity index (χ4n) is 1.99. The van der Waals surface area contributed by atoms with E-state index in [1.807, 2.05) is 20.3 Å². The summed E-state index contributed by atoms with van der Waals surface area (Å²) in [6.07, 6.45) is 3.04. The largest absolute Gasteiger partial charge is 0.316 e. The van der Waals surface area contributed by atoms with Gasteiger partial charge in [-0.3, -0.25) is 4.68 Å². The van der Waals surface area contributed by atoms with Crippen LogP contribution in [-0.2, 0) is 19.9 Å². The molecule has 0 fully saturated rings. The van der Waals surface area contributed by atoms with Gasteiger partial charge < -0.3 is 5.32 Å². The molecule has 1 atom stereocenters. The molecule has 6 heteroatoms. The van der Waals surface area contributed by atoms with Crippen LogP contribution in [0.25, 0.3) is 0 Å². The zero-order valence-corrected chi connectivity index (χ0v) is 11.7. The summed E-state index contributed by atoms with van der Waals surface area (Å²) in [4.78, 5) is 0. The van der Waals surface area contributed by atoms with Crippen molar-refractivity contribution in [2.45, 2.75) is 18.9 Å². The molecule has 0 aliphatic rings. The molecule has 0 amide bonds. The minimum Gasteiger partial charge on any atom is -0.316 e. The summed E-state index contributed by atoms with van der Waals surface area (Å²) < 4.78 is 15.4. The second-order valence-electron chi connectivity index (χ2n) is 4.48. The molecule has 2 aromatic rings. The van der Waals surface area contributed by atoms with Gasteiger partial charge in [-0.2, -0.15) is 0 Å². The van der Waals surface area contributed by atoms with Gasteiger partial charge in [0.05, 0.1) is 5.69 Å². The number of likely N-dealkylation sites (N-methyl/N-ethyl adjacent to an activating group) is 1. The Morgan fingerprint density at radius 1 is 1.42 bits per heavy atom. The van der Waals surface area contributed by atoms with Crippen LogP contribution in [0.4, 0.5) is 4.39 Å². The molecule has 0 spiro atoms. The smallest absolute Gasteiger partial charge is 0.127 e. The van der Waals surface area contributed by atoms with Gasteiger partial charge in [0, 0.05) is 36.3 Å². The van der Waals surface area contributed by atoms with Crippen LogP contribution >= 0.6 is 11.6 Å². The molecule has 4 nitrogen and oxygen atoms in total. The predicted molar refractivity (Wildman–Crippen MR) is 72.7 cm³/mol. The van der Waals surface area contributed by atoms with Crippen molar-refractivity contribution in [2.75, 3.05) is 7.05 Å². The van der Waals surface area contributed by atoms with E-state index in [0.29, 0.717) is 23.4 Å². The minimum absolute atomic E-state index is 0.0612. The quantitative estimate of drug-likeness (QED) is 0.912. The highest BCUT2D eigenvalue weighted by Gasteiger charge is 2.15. The molecule has 0 saturated carbocycles. The maximum atomic E-state index is 13.7. The van der Waals surface area contributed by atoms with Crippen molar-refractivity contribution in [3.8, 4) is 0 Å². The Hall–Kier alpha value is -1.46. The Morgan fingerprint density at radius 3 is 2.79 bits per heavy atom. The number of aryl methyl sites for hydroxylation is 1. The lowest BCUT2D eigenvalue weighted by Gasteiger charge is -2.16. The normalized spacial score (nSPS) is 12.6. The standard InChI is InChI=1S/C13H16ClFN4/c1-16-9(6-10-8-19(2)18-17-10)7-11-12(14)4-3-5-13(11)15/h3-5,8-9,16H,6-7H2,1-2H3. The van der Waals surface area contributed by atoms with E-state index in [-0.39, 0.29) is 11.9 Å². The Balaban J connectivity index is 2.11. The first kappa shape index (κ1) is 14.0. The number of benzene rings is 1. The summed E-state index contributed by atoms with van der Waals surface area (Å²) in [5.41, 5.74) is 1.40. The summed E-state index contributed by atoms with van der Waals surface area (Å²) in [7, 11) is 3.66. The molecule has 1 aromatic carbocycles. The molecular weight excluding hydrogens is 267 g/mol. The molecule has 1 heterocycles. The van der Waals surface area contributed by atoms with Crippen LogP contribution in [0.15, 0.2) is 24.4 Å². The summed E-state index contributed by atoms with van der Waals surface area (Å²) in [6, 6.07) is 4.80. The lowest BCUT2D eigenvalue weighted by atomic mass is 10.0. The molecule has 19 heavy (non-hydrogen) atoms. The number of aromatic nitrogens is 3. The zero-order valence-electron chi connectivity index (χ0n) is 10.9. The van der Waals surface area contributed by atoms with E-state index in [2.05, 4.69) is 15.6 Å². The van der Waals surface area contributed by atoms with Gasteiger partial charge in [-0.1, -0.05) is 22.9 Å². The highest BCUT2D eigenvalue weighted by atomic mass is 35.5. The van der Waals surface area contributed by atoms with Gasteiger partial charge in [-0.25, -0.2) is 4.39 Å². The van der Waals surface area contributed by atoms with Crippen LogP contribution in [0.5, 0.6) is 0 Å². The fraction of sp³-hybridized carbons (Fsp3) is 0.385. The number of hydrogen-bond acceptors (Lipinski definition) is 3. The van der Waals surface area contributed by atoms with Crippen LogP contribution in [0.3, 0.4) is 0 Å². The van der Waals surface area contributed by atoms with Crippen molar-refractivity contribution in [3.63, 3.8) is 0 Å². The highest BCUT2D eigenvalue weighted by molar-refractivity contribution is 6.31. The van der Waals surface area contributed by atoms with Crippen molar-refractivity contribution in [1.29, 1.82) is 0 Å². The molecule has 102 valence electrons. The maximum absolute atomic E-state index is 13.7. The Labute approximate surface area is 116 Å². The molecule has 0 saturated heterocycles. The van der Waals surface area contributed by atoms with Crippen LogP contribution in [0.1, 0.15) is 11.3 Å². The van der Waals surface area contributed by atoms with Crippen molar-refractivity contribution < 1.29 is 4.39 Å². The monoisotopic (exact) mass is 282 g/mol. The topological polar surface area (TPSA) is 42.7 Å². The highest BCUT2D eigenvalue weighted by Crippen LogP contribution is 2.21. The summed E-state index contributed by atoms with van der Waals surface area (Å²) >= 11 is 6.04. The zero-order chi connectivity index (χ0) is 13.8. The average Bonchev–Trinajstić information content (AvgIpc) is 2.78. The third-order valence-corrected chi connectivity index (χ3v) is 3.38. The Bertz CT molecular complexity index is 535. The van der Waals surface area contributed by atoms with Crippen molar-refractivity contribution in [2.24, 2.45) is 7.05 Å². The van der Waals surface area contributed by atoms with E-state index < -0.39 is 0 Å². The summed E-state index contributed by atoms with van der Waals surface area (Å²) in [5.74, 6) is -0.271. The predicted octanol–water partition coefficient (Wildman–Crippen LogP) is 1.98. The molecule has 1 aromatic heterocycles. The van der Waals surface area contributed by atoms with Crippen molar-refractivity contribution in [3.05, 3.63) is 46.5 Å². The van der Waals surface area contributed by atoms with Crippen molar-refractivity contribution in [1.82, 2.24) is 20.3 Å². The van der Waals surface area contributed by atoms with E-state index >= 15 is 0 Å². The number of hydrogen-bond donors (Lipinski definition) is 1. The molecule has 2 rings (SSSR count). The number of halogens is 2. The number of nitrogens with zero attached hydrogens (tertiary/aromatic N) is 3. The van der Waals surface area contributed by atoms with Gasteiger partial charge >= 0.3 is 0 Å². The Morgan fingerprint density at radius 2 is 2.21 bits per heavy atom. The first-order valence-corrected chi connectivity index (χ1v) is 6.43. The summed E-state index contributed by atoms with van der Waals surface area (Å²) in [6.45, 7) is 0. The number of rotatable bonds is 5. The molecule has 0 aliphatic heterocycles. The molecular formula is C13H16ClFN4. The van der Waals surface area contributed by atoms with E-state index in [0.717, 1.165) is 5.69 Å². The lowest BCUT2D eigenvalue weighted by molar-refractivity contribution is 0.527. The molecule has 1 unspecified atom stereocenters. The Kier molecular flexibility index (Phi) is 4.50. The summed E-state index contributed by atoms with van der Waals surface area (Å²) in [5, 5.41) is 11.5. The van der Waals surface area contributed by atoms with E-state index in [1.54, 1.807) is 16.8 Å². The van der Waals surface area contributed by atoms with Crippen LogP contribution in [0, 0.1) is 5.82 Å².